The first-order valence-corrected chi connectivity index (χ1v) is 9.36. The maximum atomic E-state index is 12.1. The number of carbonyl (C=O) groups excluding carboxylic acids is 1. The van der Waals surface area contributed by atoms with Gasteiger partial charge in [-0.3, -0.25) is 4.79 Å². The molecular weight excluding hydrogens is 332 g/mol. The number of nitriles is 1. The highest BCUT2D eigenvalue weighted by atomic mass is 32.2. The molecule has 0 N–H and O–H groups in total. The van der Waals surface area contributed by atoms with Crippen molar-refractivity contribution in [1.82, 2.24) is 14.2 Å². The largest absolute Gasteiger partial charge is 0.474 e. The Morgan fingerprint density at radius 2 is 2.12 bits per heavy atom. The molecule has 2 rings (SSSR count). The van der Waals surface area contributed by atoms with E-state index in [0.717, 1.165) is 10.6 Å². The Hall–Kier alpha value is -2.18. The van der Waals surface area contributed by atoms with Gasteiger partial charge in [-0.15, -0.1) is 0 Å². The normalized spacial score (nSPS) is 16.0. The summed E-state index contributed by atoms with van der Waals surface area (Å²) in [5.41, 5.74) is 0.470. The number of aromatic nitrogens is 1. The zero-order chi connectivity index (χ0) is 17.7. The summed E-state index contributed by atoms with van der Waals surface area (Å²) in [4.78, 5) is 17.8. The van der Waals surface area contributed by atoms with E-state index in [1.54, 1.807) is 17.0 Å². The van der Waals surface area contributed by atoms with E-state index in [9.17, 15) is 13.2 Å². The smallest absolute Gasteiger partial charge is 0.237 e. The number of piperidine rings is 1. The zero-order valence-electron chi connectivity index (χ0n) is 13.7. The van der Waals surface area contributed by atoms with Gasteiger partial charge in [0.1, 0.15) is 12.2 Å². The molecule has 1 aromatic rings. The lowest BCUT2D eigenvalue weighted by Crippen LogP contribution is -2.46. The second-order valence-electron chi connectivity index (χ2n) is 5.71. The van der Waals surface area contributed by atoms with Crippen molar-refractivity contribution in [2.75, 3.05) is 32.9 Å². The molecule has 0 atom stereocenters. The minimum absolute atomic E-state index is 0.0536. The van der Waals surface area contributed by atoms with Gasteiger partial charge in [0.05, 0.1) is 18.4 Å². The lowest BCUT2D eigenvalue weighted by Gasteiger charge is -2.32. The predicted molar refractivity (Wildman–Crippen MR) is 86.7 cm³/mol. The van der Waals surface area contributed by atoms with Crippen LogP contribution in [0.1, 0.15) is 18.4 Å². The number of rotatable bonds is 5. The van der Waals surface area contributed by atoms with Gasteiger partial charge in [-0.1, -0.05) is 0 Å². The van der Waals surface area contributed by atoms with E-state index in [2.05, 4.69) is 4.98 Å². The Morgan fingerprint density at radius 3 is 2.62 bits per heavy atom. The molecule has 0 radical (unpaired) electrons. The van der Waals surface area contributed by atoms with Crippen LogP contribution in [0.2, 0.25) is 0 Å². The summed E-state index contributed by atoms with van der Waals surface area (Å²) in [5.74, 6) is 0.244. The molecule has 130 valence electrons. The number of carbonyl (C=O) groups is 1. The summed E-state index contributed by atoms with van der Waals surface area (Å²) in [7, 11) is -1.98. The van der Waals surface area contributed by atoms with E-state index in [0.29, 0.717) is 37.4 Å². The number of hydrogen-bond donors (Lipinski definition) is 0. The number of amides is 1. The molecule has 9 heteroatoms. The number of sulfonamides is 1. The number of likely N-dealkylation sites (N-methyl/N-ethyl adjacent to an activating group) is 1. The maximum Gasteiger partial charge on any atom is 0.237 e. The van der Waals surface area contributed by atoms with Crippen LogP contribution in [0.15, 0.2) is 18.3 Å². The van der Waals surface area contributed by atoms with Gasteiger partial charge in [-0.25, -0.2) is 13.4 Å². The average Bonchev–Trinajstić information content (AvgIpc) is 2.55. The quantitative estimate of drug-likeness (QED) is 0.751. The number of pyridine rings is 1. The van der Waals surface area contributed by atoms with Gasteiger partial charge >= 0.3 is 0 Å². The van der Waals surface area contributed by atoms with E-state index in [1.165, 1.54) is 13.2 Å². The maximum absolute atomic E-state index is 12.1. The summed E-state index contributed by atoms with van der Waals surface area (Å²) in [6.45, 7) is 0.871. The summed E-state index contributed by atoms with van der Waals surface area (Å²) in [6.07, 6.45) is 3.77. The average molecular weight is 352 g/mol. The third kappa shape index (κ3) is 4.91. The van der Waals surface area contributed by atoms with E-state index >= 15 is 0 Å². The van der Waals surface area contributed by atoms with E-state index < -0.39 is 10.0 Å². The second kappa shape index (κ2) is 7.59. The van der Waals surface area contributed by atoms with Crippen LogP contribution in [-0.2, 0) is 14.8 Å². The molecule has 1 saturated heterocycles. The number of ether oxygens (including phenoxy) is 1. The van der Waals surface area contributed by atoms with Gasteiger partial charge in [0, 0.05) is 45.2 Å². The molecular formula is C15H20N4O4S. The van der Waals surface area contributed by atoms with Gasteiger partial charge < -0.3 is 9.64 Å². The Labute approximate surface area is 141 Å². The molecule has 1 fully saturated rings. The van der Waals surface area contributed by atoms with Crippen molar-refractivity contribution in [3.63, 3.8) is 0 Å². The standard InChI is InChI=1S/C15H20N4O4S/c1-18(24(2,21)22)11-15(20)19-7-5-13(6-8-19)23-14-4-3-12(9-16)10-17-14/h3-4,10,13H,5-8,11H2,1-2H3. The minimum Gasteiger partial charge on any atom is -0.474 e. The van der Waals surface area contributed by atoms with Gasteiger partial charge in [-0.05, 0) is 6.07 Å². The first-order valence-electron chi connectivity index (χ1n) is 7.51. The number of hydrogen-bond acceptors (Lipinski definition) is 6. The monoisotopic (exact) mass is 352 g/mol. The van der Waals surface area contributed by atoms with Crippen LogP contribution in [0.5, 0.6) is 5.88 Å². The topological polar surface area (TPSA) is 104 Å². The van der Waals surface area contributed by atoms with Gasteiger partial charge in [0.25, 0.3) is 0 Å². The molecule has 0 aliphatic carbocycles. The van der Waals surface area contributed by atoms with Crippen molar-refractivity contribution in [3.05, 3.63) is 23.9 Å². The summed E-state index contributed by atoms with van der Waals surface area (Å²) in [6, 6.07) is 5.28. The Bertz CT molecular complexity index is 719. The number of nitrogens with zero attached hydrogens (tertiary/aromatic N) is 4. The Morgan fingerprint density at radius 1 is 1.46 bits per heavy atom. The van der Waals surface area contributed by atoms with E-state index in [4.69, 9.17) is 10.00 Å². The molecule has 1 amide bonds. The molecule has 1 aliphatic rings. The van der Waals surface area contributed by atoms with Crippen molar-refractivity contribution in [2.24, 2.45) is 0 Å². The first-order chi connectivity index (χ1) is 11.3. The predicted octanol–water partition coefficient (Wildman–Crippen LogP) is 0.214. The first kappa shape index (κ1) is 18.2. The third-order valence-corrected chi connectivity index (χ3v) is 5.13. The van der Waals surface area contributed by atoms with E-state index in [-0.39, 0.29) is 18.6 Å². The molecule has 24 heavy (non-hydrogen) atoms. The molecule has 8 nitrogen and oxygen atoms in total. The van der Waals surface area contributed by atoms with Crippen LogP contribution in [0.4, 0.5) is 0 Å². The Balaban J connectivity index is 1.82. The second-order valence-corrected chi connectivity index (χ2v) is 7.80. The summed E-state index contributed by atoms with van der Waals surface area (Å²) < 4.78 is 29.5. The van der Waals surface area contributed by atoms with Crippen molar-refractivity contribution in [1.29, 1.82) is 5.26 Å². The van der Waals surface area contributed by atoms with Crippen LogP contribution < -0.4 is 4.74 Å². The molecule has 1 aromatic heterocycles. The fraction of sp³-hybridized carbons (Fsp3) is 0.533. The van der Waals surface area contributed by atoms with Crippen LogP contribution in [0.3, 0.4) is 0 Å². The molecule has 0 aromatic carbocycles. The Kier molecular flexibility index (Phi) is 5.75. The fourth-order valence-electron chi connectivity index (χ4n) is 2.32. The van der Waals surface area contributed by atoms with Crippen LogP contribution in [0.25, 0.3) is 0 Å². The molecule has 0 saturated carbocycles. The number of likely N-dealkylation sites (tertiary alicyclic amines) is 1. The van der Waals surface area contributed by atoms with Gasteiger partial charge in [0.2, 0.25) is 21.8 Å². The lowest BCUT2D eigenvalue weighted by atomic mass is 10.1. The molecule has 1 aliphatic heterocycles. The highest BCUT2D eigenvalue weighted by Crippen LogP contribution is 2.17. The summed E-state index contributed by atoms with van der Waals surface area (Å²) >= 11 is 0. The molecule has 0 unspecified atom stereocenters. The lowest BCUT2D eigenvalue weighted by molar-refractivity contribution is -0.133. The molecule has 0 bridgehead atoms. The van der Waals surface area contributed by atoms with Crippen LogP contribution >= 0.6 is 0 Å². The van der Waals surface area contributed by atoms with E-state index in [1.807, 2.05) is 6.07 Å². The summed E-state index contributed by atoms with van der Waals surface area (Å²) in [5, 5.41) is 8.73. The van der Waals surface area contributed by atoms with Gasteiger partial charge in [-0.2, -0.15) is 9.57 Å². The fourth-order valence-corrected chi connectivity index (χ4v) is 2.66. The van der Waals surface area contributed by atoms with Gasteiger partial charge in [0.15, 0.2) is 0 Å². The van der Waals surface area contributed by atoms with Crippen molar-refractivity contribution in [2.45, 2.75) is 18.9 Å². The highest BCUT2D eigenvalue weighted by molar-refractivity contribution is 7.88. The van der Waals surface area contributed by atoms with Crippen molar-refractivity contribution in [3.8, 4) is 11.9 Å². The zero-order valence-corrected chi connectivity index (χ0v) is 14.5. The molecule has 2 heterocycles. The molecule has 0 spiro atoms. The van der Waals surface area contributed by atoms with Crippen LogP contribution in [-0.4, -0.2) is 67.6 Å². The van der Waals surface area contributed by atoms with Crippen LogP contribution in [0, 0.1) is 11.3 Å². The SMILES string of the molecule is CN(CC(=O)N1CCC(Oc2ccc(C#N)cn2)CC1)S(C)(=O)=O. The van der Waals surface area contributed by atoms with Crippen molar-refractivity contribution >= 4 is 15.9 Å². The third-order valence-electron chi connectivity index (χ3n) is 3.87. The minimum atomic E-state index is -3.36. The van der Waals surface area contributed by atoms with Crippen molar-refractivity contribution < 1.29 is 17.9 Å². The highest BCUT2D eigenvalue weighted by Gasteiger charge is 2.26.